The lowest BCUT2D eigenvalue weighted by molar-refractivity contribution is -0.131. The molecule has 1 N–H and O–H groups in total. The molecule has 0 aromatic heterocycles. The summed E-state index contributed by atoms with van der Waals surface area (Å²) < 4.78 is 18.9. The van der Waals surface area contributed by atoms with Gasteiger partial charge >= 0.3 is 0 Å². The fourth-order valence-electron chi connectivity index (χ4n) is 6.06. The van der Waals surface area contributed by atoms with Crippen LogP contribution in [0.15, 0.2) is 18.2 Å². The second-order valence-electron chi connectivity index (χ2n) is 9.25. The Hall–Kier alpha value is -1.62. The topological polar surface area (TPSA) is 41.6 Å². The summed E-state index contributed by atoms with van der Waals surface area (Å²) >= 11 is 0. The maximum Gasteiger partial charge on any atom is 0.237 e. The van der Waals surface area contributed by atoms with Gasteiger partial charge in [-0.2, -0.15) is 0 Å². The van der Waals surface area contributed by atoms with Crippen LogP contribution >= 0.6 is 0 Å². The van der Waals surface area contributed by atoms with Crippen LogP contribution in [0.5, 0.6) is 5.75 Å². The highest BCUT2D eigenvalue weighted by atomic mass is 19.1. The molecule has 1 atom stereocenters. The first-order valence-corrected chi connectivity index (χ1v) is 10.2. The highest BCUT2D eigenvalue weighted by Gasteiger charge is 2.51. The SMILES string of the molecule is COc1ccc(CN(C)C(C)C(=O)NC23CC4CC(CC(C4)C2)C3)cc1F. The van der Waals surface area contributed by atoms with Crippen LogP contribution in [0.2, 0.25) is 0 Å². The molecule has 1 aromatic rings. The van der Waals surface area contributed by atoms with Crippen molar-refractivity contribution in [2.45, 2.75) is 63.6 Å². The van der Waals surface area contributed by atoms with Gasteiger partial charge in [0.25, 0.3) is 0 Å². The van der Waals surface area contributed by atoms with E-state index < -0.39 is 0 Å². The van der Waals surface area contributed by atoms with Crippen molar-refractivity contribution in [3.63, 3.8) is 0 Å². The molecule has 5 heteroatoms. The molecule has 0 saturated heterocycles. The van der Waals surface area contributed by atoms with Crippen molar-refractivity contribution in [1.29, 1.82) is 0 Å². The zero-order valence-corrected chi connectivity index (χ0v) is 16.6. The summed E-state index contributed by atoms with van der Waals surface area (Å²) in [5.74, 6) is 2.42. The molecule has 0 radical (unpaired) electrons. The van der Waals surface area contributed by atoms with Gasteiger partial charge in [0.05, 0.1) is 13.2 Å². The molecule has 0 aliphatic heterocycles. The fourth-order valence-corrected chi connectivity index (χ4v) is 6.06. The Balaban J connectivity index is 1.38. The van der Waals surface area contributed by atoms with Gasteiger partial charge in [-0.05, 0) is 87.9 Å². The number of hydrogen-bond acceptors (Lipinski definition) is 3. The number of hydrogen-bond donors (Lipinski definition) is 1. The molecule has 148 valence electrons. The van der Waals surface area contributed by atoms with Crippen molar-refractivity contribution in [3.05, 3.63) is 29.6 Å². The monoisotopic (exact) mass is 374 g/mol. The average molecular weight is 375 g/mol. The molecule has 1 amide bonds. The van der Waals surface area contributed by atoms with Crippen LogP contribution in [0.1, 0.15) is 51.0 Å². The average Bonchev–Trinajstić information content (AvgIpc) is 2.59. The quantitative estimate of drug-likeness (QED) is 0.825. The number of amides is 1. The molecule has 4 aliphatic carbocycles. The lowest BCUT2D eigenvalue weighted by Crippen LogP contribution is -2.62. The van der Waals surface area contributed by atoms with E-state index in [1.807, 2.05) is 24.9 Å². The first kappa shape index (κ1) is 18.7. The molecule has 27 heavy (non-hydrogen) atoms. The second kappa shape index (κ2) is 7.08. The predicted molar refractivity (Wildman–Crippen MR) is 103 cm³/mol. The second-order valence-corrected chi connectivity index (χ2v) is 9.25. The first-order chi connectivity index (χ1) is 12.9. The molecule has 1 unspecified atom stereocenters. The molecule has 4 aliphatic rings. The molecule has 1 aromatic carbocycles. The zero-order chi connectivity index (χ0) is 19.2. The van der Waals surface area contributed by atoms with Crippen LogP contribution in [0.4, 0.5) is 4.39 Å². The van der Waals surface area contributed by atoms with E-state index in [1.165, 1.54) is 32.4 Å². The largest absolute Gasteiger partial charge is 0.494 e. The number of carbonyl (C=O) groups excluding carboxylic acids is 1. The van der Waals surface area contributed by atoms with Gasteiger partial charge in [0.1, 0.15) is 0 Å². The summed E-state index contributed by atoms with van der Waals surface area (Å²) in [5, 5.41) is 3.45. The van der Waals surface area contributed by atoms with Gasteiger partial charge in [0.15, 0.2) is 11.6 Å². The van der Waals surface area contributed by atoms with E-state index in [2.05, 4.69) is 5.32 Å². The Morgan fingerprint density at radius 2 is 1.85 bits per heavy atom. The van der Waals surface area contributed by atoms with Crippen molar-refractivity contribution in [2.24, 2.45) is 17.8 Å². The summed E-state index contributed by atoms with van der Waals surface area (Å²) in [4.78, 5) is 15.0. The Morgan fingerprint density at radius 3 is 2.37 bits per heavy atom. The standard InChI is InChI=1S/C22H31FN2O2/c1-14(25(2)13-15-4-5-20(27-3)19(23)9-15)21(26)24-22-10-16-6-17(11-22)8-18(7-16)12-22/h4-5,9,14,16-18H,6-8,10-13H2,1-3H3,(H,24,26). The zero-order valence-electron chi connectivity index (χ0n) is 16.6. The van der Waals surface area contributed by atoms with E-state index in [1.54, 1.807) is 6.07 Å². The molecule has 5 rings (SSSR count). The summed E-state index contributed by atoms with van der Waals surface area (Å²) in [5.41, 5.74) is 0.873. The molecule has 0 spiro atoms. The summed E-state index contributed by atoms with van der Waals surface area (Å²) in [6, 6.07) is 4.72. The van der Waals surface area contributed by atoms with E-state index in [0.29, 0.717) is 6.54 Å². The van der Waals surface area contributed by atoms with E-state index in [-0.39, 0.29) is 29.1 Å². The third kappa shape index (κ3) is 3.71. The lowest BCUT2D eigenvalue weighted by atomic mass is 9.53. The molecule has 4 fully saturated rings. The van der Waals surface area contributed by atoms with E-state index >= 15 is 0 Å². The number of rotatable bonds is 6. The van der Waals surface area contributed by atoms with E-state index in [0.717, 1.165) is 42.6 Å². The van der Waals surface area contributed by atoms with Gasteiger partial charge in [-0.25, -0.2) is 4.39 Å². The van der Waals surface area contributed by atoms with Gasteiger partial charge in [0.2, 0.25) is 5.91 Å². The summed E-state index contributed by atoms with van der Waals surface area (Å²) in [6.07, 6.45) is 7.58. The van der Waals surface area contributed by atoms with E-state index in [4.69, 9.17) is 4.74 Å². The number of carbonyl (C=O) groups is 1. The van der Waals surface area contributed by atoms with Crippen LogP contribution in [-0.4, -0.2) is 36.5 Å². The molecule has 4 bridgehead atoms. The fraction of sp³-hybridized carbons (Fsp3) is 0.682. The molecular formula is C22H31FN2O2. The molecule has 4 nitrogen and oxygen atoms in total. The van der Waals surface area contributed by atoms with Crippen molar-refractivity contribution in [1.82, 2.24) is 10.2 Å². The summed E-state index contributed by atoms with van der Waals surface area (Å²) in [7, 11) is 3.38. The molecule has 0 heterocycles. The maximum atomic E-state index is 13.9. The lowest BCUT2D eigenvalue weighted by Gasteiger charge is -2.57. The van der Waals surface area contributed by atoms with Crippen molar-refractivity contribution >= 4 is 5.91 Å². The van der Waals surface area contributed by atoms with Crippen LogP contribution in [0.25, 0.3) is 0 Å². The van der Waals surface area contributed by atoms with Crippen LogP contribution in [0, 0.1) is 23.6 Å². The third-order valence-corrected chi connectivity index (χ3v) is 7.12. The predicted octanol–water partition coefficient (Wildman–Crippen LogP) is 3.74. The van der Waals surface area contributed by atoms with Gasteiger partial charge in [-0.1, -0.05) is 6.07 Å². The summed E-state index contributed by atoms with van der Waals surface area (Å²) in [6.45, 7) is 2.46. The number of nitrogens with zero attached hydrogens (tertiary/aromatic N) is 1. The number of halogens is 1. The number of ether oxygens (including phenoxy) is 1. The minimum absolute atomic E-state index is 0.0349. The number of methoxy groups -OCH3 is 1. The van der Waals surface area contributed by atoms with Crippen LogP contribution < -0.4 is 10.1 Å². The van der Waals surface area contributed by atoms with Crippen molar-refractivity contribution < 1.29 is 13.9 Å². The van der Waals surface area contributed by atoms with Crippen LogP contribution in [0.3, 0.4) is 0 Å². The van der Waals surface area contributed by atoms with E-state index in [9.17, 15) is 9.18 Å². The smallest absolute Gasteiger partial charge is 0.237 e. The number of likely N-dealkylation sites (N-methyl/N-ethyl adjacent to an activating group) is 1. The number of nitrogens with one attached hydrogen (secondary N) is 1. The highest BCUT2D eigenvalue weighted by Crippen LogP contribution is 2.55. The van der Waals surface area contributed by atoms with Gasteiger partial charge in [0, 0.05) is 12.1 Å². The Bertz CT molecular complexity index is 685. The normalized spacial score (nSPS) is 32.6. The molecule has 4 saturated carbocycles. The van der Waals surface area contributed by atoms with Gasteiger partial charge in [-0.3, -0.25) is 9.69 Å². The third-order valence-electron chi connectivity index (χ3n) is 7.12. The Kier molecular flexibility index (Phi) is 4.91. The maximum absolute atomic E-state index is 13.9. The minimum atomic E-state index is -0.367. The molecular weight excluding hydrogens is 343 g/mol. The Morgan fingerprint density at radius 1 is 1.26 bits per heavy atom. The minimum Gasteiger partial charge on any atom is -0.494 e. The highest BCUT2D eigenvalue weighted by molar-refractivity contribution is 5.82. The first-order valence-electron chi connectivity index (χ1n) is 10.2. The van der Waals surface area contributed by atoms with Gasteiger partial charge in [-0.15, -0.1) is 0 Å². The van der Waals surface area contributed by atoms with Crippen molar-refractivity contribution in [3.8, 4) is 5.75 Å². The number of benzene rings is 1. The van der Waals surface area contributed by atoms with Crippen LogP contribution in [-0.2, 0) is 11.3 Å². The van der Waals surface area contributed by atoms with Gasteiger partial charge < -0.3 is 10.1 Å². The Labute approximate surface area is 161 Å². The van der Waals surface area contributed by atoms with Crippen molar-refractivity contribution in [2.75, 3.05) is 14.2 Å².